The van der Waals surface area contributed by atoms with Crippen LogP contribution in [0.4, 0.5) is 0 Å². The molecular formula is C18H18N2O4. The molecule has 2 unspecified atom stereocenters. The highest BCUT2D eigenvalue weighted by atomic mass is 16.5. The Kier molecular flexibility index (Phi) is 4.22. The van der Waals surface area contributed by atoms with E-state index >= 15 is 0 Å². The second kappa shape index (κ2) is 6.33. The Labute approximate surface area is 139 Å². The van der Waals surface area contributed by atoms with Crippen LogP contribution in [-0.4, -0.2) is 36.7 Å². The highest BCUT2D eigenvalue weighted by Crippen LogP contribution is 2.44. The van der Waals surface area contributed by atoms with Gasteiger partial charge in [0, 0.05) is 18.2 Å². The summed E-state index contributed by atoms with van der Waals surface area (Å²) in [6, 6.07) is 12.6. The molecule has 0 radical (unpaired) electrons. The zero-order valence-corrected chi connectivity index (χ0v) is 13.2. The highest BCUT2D eigenvalue weighted by molar-refractivity contribution is 6.02. The average molecular weight is 326 g/mol. The van der Waals surface area contributed by atoms with Crippen molar-refractivity contribution in [2.45, 2.75) is 12.0 Å². The Balaban J connectivity index is 2.22. The topological polar surface area (TPSA) is 102 Å². The first-order chi connectivity index (χ1) is 11.6. The largest absolute Gasteiger partial charge is 0.486 e. The minimum Gasteiger partial charge on any atom is -0.486 e. The van der Waals surface area contributed by atoms with Crippen molar-refractivity contribution < 1.29 is 19.4 Å². The fraction of sp³-hybridized carbons (Fsp3) is 0.222. The van der Waals surface area contributed by atoms with E-state index in [0.717, 1.165) is 5.56 Å². The van der Waals surface area contributed by atoms with Gasteiger partial charge in [-0.25, -0.2) is 0 Å². The van der Waals surface area contributed by atoms with Crippen molar-refractivity contribution in [1.29, 1.82) is 0 Å². The SMILES string of the molecule is CNC(=O)c1cc(C(N)=O)cc2c1OC(CO)C2c1ccccc1. The van der Waals surface area contributed by atoms with E-state index in [2.05, 4.69) is 5.32 Å². The predicted molar refractivity (Wildman–Crippen MR) is 88.1 cm³/mol. The zero-order chi connectivity index (χ0) is 17.3. The first kappa shape index (κ1) is 16.0. The second-order valence-electron chi connectivity index (χ2n) is 5.61. The monoisotopic (exact) mass is 326 g/mol. The van der Waals surface area contributed by atoms with E-state index in [-0.39, 0.29) is 29.6 Å². The molecule has 0 spiro atoms. The number of nitrogens with two attached hydrogens (primary N) is 1. The minimum absolute atomic E-state index is 0.215. The first-order valence-electron chi connectivity index (χ1n) is 7.59. The fourth-order valence-corrected chi connectivity index (χ4v) is 3.08. The molecular weight excluding hydrogens is 308 g/mol. The summed E-state index contributed by atoms with van der Waals surface area (Å²) in [5.74, 6) is -0.900. The van der Waals surface area contributed by atoms with Crippen LogP contribution in [0.15, 0.2) is 42.5 Å². The molecule has 0 saturated carbocycles. The maximum absolute atomic E-state index is 12.2. The van der Waals surface area contributed by atoms with E-state index in [1.807, 2.05) is 30.3 Å². The maximum atomic E-state index is 12.2. The molecule has 0 saturated heterocycles. The van der Waals surface area contributed by atoms with Gasteiger partial charge in [-0.15, -0.1) is 0 Å². The number of fused-ring (bicyclic) bond motifs is 1. The lowest BCUT2D eigenvalue weighted by Gasteiger charge is -2.17. The van der Waals surface area contributed by atoms with Gasteiger partial charge in [0.25, 0.3) is 5.91 Å². The van der Waals surface area contributed by atoms with Crippen molar-refractivity contribution >= 4 is 11.8 Å². The number of benzene rings is 2. The average Bonchev–Trinajstić information content (AvgIpc) is 2.99. The Morgan fingerprint density at radius 2 is 1.96 bits per heavy atom. The Hall–Kier alpha value is -2.86. The van der Waals surface area contributed by atoms with Crippen LogP contribution in [0.1, 0.15) is 37.8 Å². The van der Waals surface area contributed by atoms with Crippen molar-refractivity contribution in [1.82, 2.24) is 5.32 Å². The standard InChI is InChI=1S/C18H18N2O4/c1-20-18(23)13-8-11(17(19)22)7-12-15(10-5-3-2-4-6-10)14(9-21)24-16(12)13/h2-8,14-15,21H,9H2,1H3,(H2,19,22)(H,20,23). The number of carbonyl (C=O) groups excluding carboxylic acids is 2. The first-order valence-corrected chi connectivity index (χ1v) is 7.59. The van der Waals surface area contributed by atoms with Gasteiger partial charge in [0.2, 0.25) is 5.91 Å². The van der Waals surface area contributed by atoms with Crippen LogP contribution in [0.2, 0.25) is 0 Å². The van der Waals surface area contributed by atoms with Gasteiger partial charge in [-0.3, -0.25) is 9.59 Å². The molecule has 2 aromatic rings. The normalized spacial score (nSPS) is 18.6. The van der Waals surface area contributed by atoms with Crippen molar-refractivity contribution in [2.75, 3.05) is 13.7 Å². The van der Waals surface area contributed by atoms with E-state index in [4.69, 9.17) is 10.5 Å². The highest BCUT2D eigenvalue weighted by Gasteiger charge is 2.38. The minimum atomic E-state index is -0.623. The molecule has 0 fully saturated rings. The summed E-state index contributed by atoms with van der Waals surface area (Å²) in [7, 11) is 1.50. The van der Waals surface area contributed by atoms with Gasteiger partial charge in [-0.05, 0) is 17.7 Å². The third-order valence-corrected chi connectivity index (χ3v) is 4.19. The molecule has 0 aliphatic carbocycles. The number of hydrogen-bond acceptors (Lipinski definition) is 4. The molecule has 4 N–H and O–H groups in total. The van der Waals surface area contributed by atoms with Crippen LogP contribution in [0.25, 0.3) is 0 Å². The molecule has 0 aromatic heterocycles. The summed E-state index contributed by atoms with van der Waals surface area (Å²) in [6.07, 6.45) is -0.533. The number of carbonyl (C=O) groups is 2. The lowest BCUT2D eigenvalue weighted by molar-refractivity contribution is 0.0947. The molecule has 2 amide bonds. The second-order valence-corrected chi connectivity index (χ2v) is 5.61. The van der Waals surface area contributed by atoms with Gasteiger partial charge in [0.1, 0.15) is 11.9 Å². The van der Waals surface area contributed by atoms with Crippen LogP contribution >= 0.6 is 0 Å². The van der Waals surface area contributed by atoms with Gasteiger partial charge in [0.15, 0.2) is 0 Å². The number of primary amides is 1. The summed E-state index contributed by atoms with van der Waals surface area (Å²) in [5, 5.41) is 12.2. The van der Waals surface area contributed by atoms with Gasteiger partial charge in [0.05, 0.1) is 18.1 Å². The van der Waals surface area contributed by atoms with Crippen molar-refractivity contribution in [3.05, 3.63) is 64.7 Å². The smallest absolute Gasteiger partial charge is 0.254 e. The molecule has 124 valence electrons. The molecule has 24 heavy (non-hydrogen) atoms. The number of ether oxygens (including phenoxy) is 1. The van der Waals surface area contributed by atoms with Crippen LogP contribution in [0.5, 0.6) is 5.75 Å². The third kappa shape index (κ3) is 2.61. The Bertz CT molecular complexity index is 789. The Morgan fingerprint density at radius 1 is 1.25 bits per heavy atom. The van der Waals surface area contributed by atoms with Gasteiger partial charge in [-0.1, -0.05) is 30.3 Å². The molecule has 3 rings (SSSR count). The van der Waals surface area contributed by atoms with Crippen LogP contribution < -0.4 is 15.8 Å². The number of aliphatic hydroxyl groups is 1. The molecule has 0 bridgehead atoms. The number of nitrogens with one attached hydrogen (secondary N) is 1. The third-order valence-electron chi connectivity index (χ3n) is 4.19. The number of hydrogen-bond donors (Lipinski definition) is 3. The van der Waals surface area contributed by atoms with E-state index in [1.54, 1.807) is 6.07 Å². The van der Waals surface area contributed by atoms with E-state index in [9.17, 15) is 14.7 Å². The van der Waals surface area contributed by atoms with Gasteiger partial charge < -0.3 is 20.9 Å². The molecule has 6 nitrogen and oxygen atoms in total. The quantitative estimate of drug-likeness (QED) is 0.781. The number of amides is 2. The number of aliphatic hydroxyl groups excluding tert-OH is 1. The van der Waals surface area contributed by atoms with E-state index < -0.39 is 12.0 Å². The summed E-state index contributed by atoms with van der Waals surface area (Å²) >= 11 is 0. The van der Waals surface area contributed by atoms with Crippen molar-refractivity contribution in [3.8, 4) is 5.75 Å². The molecule has 1 aliphatic rings. The van der Waals surface area contributed by atoms with E-state index in [0.29, 0.717) is 11.3 Å². The molecule has 1 heterocycles. The van der Waals surface area contributed by atoms with Crippen LogP contribution in [0.3, 0.4) is 0 Å². The zero-order valence-electron chi connectivity index (χ0n) is 13.2. The maximum Gasteiger partial charge on any atom is 0.254 e. The van der Waals surface area contributed by atoms with Gasteiger partial charge >= 0.3 is 0 Å². The molecule has 1 aliphatic heterocycles. The lowest BCUT2D eigenvalue weighted by atomic mass is 9.86. The summed E-state index contributed by atoms with van der Waals surface area (Å²) in [5.41, 5.74) is 7.48. The van der Waals surface area contributed by atoms with E-state index in [1.165, 1.54) is 13.1 Å². The molecule has 6 heteroatoms. The van der Waals surface area contributed by atoms with Crippen molar-refractivity contribution in [2.24, 2.45) is 5.73 Å². The van der Waals surface area contributed by atoms with Crippen LogP contribution in [0, 0.1) is 0 Å². The summed E-state index contributed by atoms with van der Waals surface area (Å²) in [4.78, 5) is 23.8. The predicted octanol–water partition coefficient (Wildman–Crippen LogP) is 1.03. The van der Waals surface area contributed by atoms with Crippen molar-refractivity contribution in [3.63, 3.8) is 0 Å². The molecule has 2 atom stereocenters. The number of rotatable bonds is 4. The molecule has 2 aromatic carbocycles. The van der Waals surface area contributed by atoms with Crippen LogP contribution in [-0.2, 0) is 0 Å². The summed E-state index contributed by atoms with van der Waals surface area (Å²) < 4.78 is 5.85. The van der Waals surface area contributed by atoms with Gasteiger partial charge in [-0.2, -0.15) is 0 Å². The lowest BCUT2D eigenvalue weighted by Crippen LogP contribution is -2.24. The summed E-state index contributed by atoms with van der Waals surface area (Å²) in [6.45, 7) is -0.215. The fourth-order valence-electron chi connectivity index (χ4n) is 3.08. The Morgan fingerprint density at radius 3 is 2.54 bits per heavy atom.